The molecule has 132 valence electrons. The van der Waals surface area contributed by atoms with Gasteiger partial charge in [-0.15, -0.1) is 0 Å². The molecule has 0 saturated carbocycles. The van der Waals surface area contributed by atoms with Crippen LogP contribution in [-0.2, 0) is 16.0 Å². The largest absolute Gasteiger partial charge is 0.425 e. The molecule has 0 atom stereocenters. The zero-order valence-electron chi connectivity index (χ0n) is 13.1. The van der Waals surface area contributed by atoms with Gasteiger partial charge in [0.2, 0.25) is 0 Å². The molecule has 1 aliphatic rings. The summed E-state index contributed by atoms with van der Waals surface area (Å²) < 4.78 is 6.23. The van der Waals surface area contributed by atoms with E-state index in [4.69, 9.17) is 16.3 Å². The van der Waals surface area contributed by atoms with Gasteiger partial charge in [-0.2, -0.15) is 0 Å². The van der Waals surface area contributed by atoms with Gasteiger partial charge in [0.05, 0.1) is 16.3 Å². The third-order valence-corrected chi connectivity index (χ3v) is 5.02. The first kappa shape index (κ1) is 18.7. The normalized spacial score (nSPS) is 15.2. The molecule has 0 unspecified atom stereocenters. The smallest absolute Gasteiger partial charge is 0.315 e. The van der Waals surface area contributed by atoms with Crippen molar-refractivity contribution in [3.05, 3.63) is 68.0 Å². The molecule has 2 amide bonds. The van der Waals surface area contributed by atoms with Gasteiger partial charge in [0.25, 0.3) is 11.1 Å². The summed E-state index contributed by atoms with van der Waals surface area (Å²) in [5.74, 6) is -0.645. The van der Waals surface area contributed by atoms with Crippen LogP contribution >= 0.6 is 39.3 Å². The van der Waals surface area contributed by atoms with E-state index in [1.807, 2.05) is 24.3 Å². The summed E-state index contributed by atoms with van der Waals surface area (Å²) in [6, 6.07) is 12.1. The topological polar surface area (TPSA) is 72.5 Å². The molecule has 2 aromatic carbocycles. The number of imide groups is 1. The fourth-order valence-corrected chi connectivity index (χ4v) is 3.36. The number of carbonyl (C=O) groups excluding carboxylic acids is 3. The van der Waals surface area contributed by atoms with Gasteiger partial charge in [0, 0.05) is 4.47 Å². The second kappa shape index (κ2) is 8.07. The number of esters is 1. The average molecular weight is 453 g/mol. The number of rotatable bonds is 4. The number of hydrogen-bond donors (Lipinski definition) is 1. The SMILES string of the molecule is O=C(Cc1ccc(Br)cc1)Oc1ccc(C=C2SC(=O)NC2=O)cc1Cl. The van der Waals surface area contributed by atoms with E-state index in [1.165, 1.54) is 0 Å². The van der Waals surface area contributed by atoms with E-state index in [2.05, 4.69) is 21.2 Å². The molecule has 1 fully saturated rings. The lowest BCUT2D eigenvalue weighted by molar-refractivity contribution is -0.133. The monoisotopic (exact) mass is 451 g/mol. The van der Waals surface area contributed by atoms with Crippen molar-refractivity contribution in [3.63, 3.8) is 0 Å². The maximum absolute atomic E-state index is 12.1. The number of thioether (sulfide) groups is 1. The average Bonchev–Trinajstić information content (AvgIpc) is 2.89. The Kier molecular flexibility index (Phi) is 5.80. The van der Waals surface area contributed by atoms with E-state index < -0.39 is 17.1 Å². The highest BCUT2D eigenvalue weighted by molar-refractivity contribution is 9.10. The van der Waals surface area contributed by atoms with Gasteiger partial charge in [-0.3, -0.25) is 19.7 Å². The molecular weight excluding hydrogens is 442 g/mol. The second-order valence-corrected chi connectivity index (χ2v) is 7.66. The Morgan fingerprint density at radius 2 is 1.92 bits per heavy atom. The number of ether oxygens (including phenoxy) is 1. The van der Waals surface area contributed by atoms with E-state index in [-0.39, 0.29) is 22.1 Å². The molecule has 1 N–H and O–H groups in total. The molecule has 1 saturated heterocycles. The summed E-state index contributed by atoms with van der Waals surface area (Å²) in [6.07, 6.45) is 1.67. The number of halogens is 2. The van der Waals surface area contributed by atoms with Crippen LogP contribution in [0, 0.1) is 0 Å². The standard InChI is InChI=1S/C18H11BrClNO4S/c19-12-4-1-10(2-5-12)9-16(22)25-14-6-3-11(7-13(14)20)8-15-17(23)21-18(24)26-15/h1-8H,9H2,(H,21,23,24). The fraction of sp³-hybridized carbons (Fsp3) is 0.0556. The highest BCUT2D eigenvalue weighted by atomic mass is 79.9. The maximum Gasteiger partial charge on any atom is 0.315 e. The molecule has 0 radical (unpaired) electrons. The molecule has 5 nitrogen and oxygen atoms in total. The van der Waals surface area contributed by atoms with E-state index in [0.717, 1.165) is 21.8 Å². The molecule has 2 aromatic rings. The number of nitrogens with one attached hydrogen (secondary N) is 1. The summed E-state index contributed by atoms with van der Waals surface area (Å²) in [5, 5.41) is 2.00. The van der Waals surface area contributed by atoms with E-state index in [1.54, 1.807) is 24.3 Å². The van der Waals surface area contributed by atoms with Crippen LogP contribution in [0.1, 0.15) is 11.1 Å². The zero-order valence-corrected chi connectivity index (χ0v) is 16.3. The minimum absolute atomic E-state index is 0.119. The van der Waals surface area contributed by atoms with Crippen molar-refractivity contribution in [2.75, 3.05) is 0 Å². The zero-order chi connectivity index (χ0) is 18.7. The molecule has 3 rings (SSSR count). The molecular formula is C18H11BrClNO4S. The molecule has 1 heterocycles. The van der Waals surface area contributed by atoms with Gasteiger partial charge in [-0.05, 0) is 53.2 Å². The summed E-state index contributed by atoms with van der Waals surface area (Å²) in [7, 11) is 0. The van der Waals surface area contributed by atoms with Gasteiger partial charge in [-0.1, -0.05) is 45.7 Å². The van der Waals surface area contributed by atoms with Crippen LogP contribution in [-0.4, -0.2) is 17.1 Å². The van der Waals surface area contributed by atoms with Crippen molar-refractivity contribution < 1.29 is 19.1 Å². The van der Waals surface area contributed by atoms with Crippen LogP contribution in [0.25, 0.3) is 6.08 Å². The predicted molar refractivity (Wildman–Crippen MR) is 104 cm³/mol. The Morgan fingerprint density at radius 3 is 2.54 bits per heavy atom. The quantitative estimate of drug-likeness (QED) is 0.418. The number of hydrogen-bond acceptors (Lipinski definition) is 5. The van der Waals surface area contributed by atoms with Crippen molar-refractivity contribution in [2.24, 2.45) is 0 Å². The van der Waals surface area contributed by atoms with Crippen LogP contribution in [0.3, 0.4) is 0 Å². The fourth-order valence-electron chi connectivity index (χ4n) is 2.19. The summed E-state index contributed by atoms with van der Waals surface area (Å²) in [4.78, 5) is 35.1. The van der Waals surface area contributed by atoms with Crippen molar-refractivity contribution in [3.8, 4) is 5.75 Å². The first-order valence-corrected chi connectivity index (χ1v) is 9.39. The summed E-state index contributed by atoms with van der Waals surface area (Å²) in [5.41, 5.74) is 1.44. The Bertz CT molecular complexity index is 927. The van der Waals surface area contributed by atoms with Crippen LogP contribution in [0.2, 0.25) is 5.02 Å². The van der Waals surface area contributed by atoms with Gasteiger partial charge in [0.1, 0.15) is 5.75 Å². The second-order valence-electron chi connectivity index (χ2n) is 5.32. The van der Waals surface area contributed by atoms with Crippen molar-refractivity contribution in [1.82, 2.24) is 5.32 Å². The Balaban J connectivity index is 1.68. The van der Waals surface area contributed by atoms with Crippen LogP contribution in [0.15, 0.2) is 51.8 Å². The van der Waals surface area contributed by atoms with Gasteiger partial charge >= 0.3 is 5.97 Å². The van der Waals surface area contributed by atoms with Gasteiger partial charge < -0.3 is 4.74 Å². The lowest BCUT2D eigenvalue weighted by Gasteiger charge is -2.07. The number of amides is 2. The Hall–Kier alpha value is -2.09. The van der Waals surface area contributed by atoms with Gasteiger partial charge in [-0.25, -0.2) is 0 Å². The Labute approximate surface area is 166 Å². The third kappa shape index (κ3) is 4.75. The van der Waals surface area contributed by atoms with Crippen LogP contribution in [0.4, 0.5) is 4.79 Å². The third-order valence-electron chi connectivity index (χ3n) is 3.38. The highest BCUT2D eigenvalue weighted by Crippen LogP contribution is 2.30. The van der Waals surface area contributed by atoms with Crippen molar-refractivity contribution in [2.45, 2.75) is 6.42 Å². The minimum Gasteiger partial charge on any atom is -0.425 e. The van der Waals surface area contributed by atoms with Crippen LogP contribution in [0.5, 0.6) is 5.75 Å². The first-order valence-electron chi connectivity index (χ1n) is 7.40. The highest BCUT2D eigenvalue weighted by Gasteiger charge is 2.25. The molecule has 0 spiro atoms. The number of carbonyl (C=O) groups is 3. The predicted octanol–water partition coefficient (Wildman–Crippen LogP) is 4.57. The molecule has 0 bridgehead atoms. The summed E-state index contributed by atoms with van der Waals surface area (Å²) in [6.45, 7) is 0. The maximum atomic E-state index is 12.1. The van der Waals surface area contributed by atoms with E-state index >= 15 is 0 Å². The van der Waals surface area contributed by atoms with Crippen molar-refractivity contribution in [1.29, 1.82) is 0 Å². The molecule has 26 heavy (non-hydrogen) atoms. The molecule has 0 aromatic heterocycles. The summed E-state index contributed by atoms with van der Waals surface area (Å²) >= 11 is 10.3. The lowest BCUT2D eigenvalue weighted by Crippen LogP contribution is -2.17. The Morgan fingerprint density at radius 1 is 1.19 bits per heavy atom. The van der Waals surface area contributed by atoms with Crippen molar-refractivity contribution >= 4 is 62.5 Å². The van der Waals surface area contributed by atoms with Gasteiger partial charge in [0.15, 0.2) is 0 Å². The molecule has 0 aliphatic carbocycles. The van der Waals surface area contributed by atoms with Crippen LogP contribution < -0.4 is 10.1 Å². The minimum atomic E-state index is -0.443. The lowest BCUT2D eigenvalue weighted by atomic mass is 10.1. The molecule has 8 heteroatoms. The van der Waals surface area contributed by atoms with E-state index in [0.29, 0.717) is 5.56 Å². The number of benzene rings is 2. The first-order chi connectivity index (χ1) is 12.4. The molecule has 1 aliphatic heterocycles. The van der Waals surface area contributed by atoms with E-state index in [9.17, 15) is 14.4 Å².